The molecule has 0 amide bonds. The first-order valence-corrected chi connectivity index (χ1v) is 6.10. The smallest absolute Gasteiger partial charge is 0.0334 e. The Labute approximate surface area is 99.0 Å². The van der Waals surface area contributed by atoms with Gasteiger partial charge in [-0.05, 0) is 29.2 Å². The van der Waals surface area contributed by atoms with E-state index in [-0.39, 0.29) is 6.04 Å². The van der Waals surface area contributed by atoms with Crippen LogP contribution >= 0.6 is 0 Å². The Morgan fingerprint density at radius 1 is 1.00 bits per heavy atom. The maximum absolute atomic E-state index is 6.40. The van der Waals surface area contributed by atoms with E-state index in [1.54, 1.807) is 0 Å². The SMILES string of the molecule is Cc1ccc(C(N)C2C(C)(C)C2(C)C)cc1. The first-order valence-electron chi connectivity index (χ1n) is 6.10. The van der Waals surface area contributed by atoms with Crippen molar-refractivity contribution in [1.29, 1.82) is 0 Å². The van der Waals surface area contributed by atoms with Crippen LogP contribution in [0.5, 0.6) is 0 Å². The van der Waals surface area contributed by atoms with Crippen molar-refractivity contribution in [3.8, 4) is 0 Å². The Hall–Kier alpha value is -0.820. The molecule has 0 heterocycles. The Kier molecular flexibility index (Phi) is 2.43. The van der Waals surface area contributed by atoms with E-state index in [1.807, 2.05) is 0 Å². The lowest BCUT2D eigenvalue weighted by atomic mass is 9.97. The summed E-state index contributed by atoms with van der Waals surface area (Å²) in [6, 6.07) is 8.81. The van der Waals surface area contributed by atoms with Gasteiger partial charge in [-0.3, -0.25) is 0 Å². The summed E-state index contributed by atoms with van der Waals surface area (Å²) in [5.41, 5.74) is 9.69. The predicted molar refractivity (Wildman–Crippen MR) is 69.2 cm³/mol. The summed E-state index contributed by atoms with van der Waals surface area (Å²) in [5, 5.41) is 0. The van der Waals surface area contributed by atoms with Gasteiger partial charge in [-0.1, -0.05) is 57.5 Å². The predicted octanol–water partition coefficient (Wildman–Crippen LogP) is 3.68. The molecule has 1 nitrogen and oxygen atoms in total. The van der Waals surface area contributed by atoms with Gasteiger partial charge < -0.3 is 5.73 Å². The highest BCUT2D eigenvalue weighted by molar-refractivity contribution is 5.29. The van der Waals surface area contributed by atoms with E-state index in [4.69, 9.17) is 5.73 Å². The molecular formula is C15H23N. The van der Waals surface area contributed by atoms with Crippen molar-refractivity contribution in [1.82, 2.24) is 0 Å². The minimum atomic E-state index is 0.172. The normalized spacial score (nSPS) is 24.1. The number of hydrogen-bond acceptors (Lipinski definition) is 1. The molecule has 1 aliphatic carbocycles. The number of hydrogen-bond donors (Lipinski definition) is 1. The molecule has 0 saturated heterocycles. The van der Waals surface area contributed by atoms with Crippen LogP contribution < -0.4 is 5.73 Å². The van der Waals surface area contributed by atoms with Crippen LogP contribution in [0.15, 0.2) is 24.3 Å². The van der Waals surface area contributed by atoms with Crippen molar-refractivity contribution in [3.63, 3.8) is 0 Å². The van der Waals surface area contributed by atoms with Crippen LogP contribution in [0.25, 0.3) is 0 Å². The maximum atomic E-state index is 6.40. The van der Waals surface area contributed by atoms with E-state index in [0.717, 1.165) is 0 Å². The van der Waals surface area contributed by atoms with Gasteiger partial charge in [0, 0.05) is 6.04 Å². The lowest BCUT2D eigenvalue weighted by Crippen LogP contribution is -2.16. The molecule has 1 aliphatic rings. The minimum absolute atomic E-state index is 0.172. The van der Waals surface area contributed by atoms with Gasteiger partial charge in [-0.2, -0.15) is 0 Å². The van der Waals surface area contributed by atoms with Crippen LogP contribution in [0.4, 0.5) is 0 Å². The number of benzene rings is 1. The molecule has 1 fully saturated rings. The third-order valence-corrected chi connectivity index (χ3v) is 4.95. The highest BCUT2D eigenvalue weighted by Gasteiger charge is 2.66. The maximum Gasteiger partial charge on any atom is 0.0334 e. The molecular weight excluding hydrogens is 194 g/mol. The summed E-state index contributed by atoms with van der Waals surface area (Å²) < 4.78 is 0. The van der Waals surface area contributed by atoms with Crippen LogP contribution in [0.1, 0.15) is 44.9 Å². The molecule has 0 aliphatic heterocycles. The second kappa shape index (κ2) is 3.33. The lowest BCUT2D eigenvalue weighted by Gasteiger charge is -2.14. The molecule has 2 N–H and O–H groups in total. The zero-order valence-corrected chi connectivity index (χ0v) is 11.0. The van der Waals surface area contributed by atoms with Gasteiger partial charge >= 0.3 is 0 Å². The molecule has 1 heteroatoms. The van der Waals surface area contributed by atoms with Crippen LogP contribution in [0, 0.1) is 23.7 Å². The van der Waals surface area contributed by atoms with Crippen LogP contribution in [-0.2, 0) is 0 Å². The van der Waals surface area contributed by atoms with Crippen LogP contribution in [0.3, 0.4) is 0 Å². The zero-order chi connectivity index (χ0) is 12.1. The largest absolute Gasteiger partial charge is 0.324 e. The van der Waals surface area contributed by atoms with E-state index in [0.29, 0.717) is 16.7 Å². The topological polar surface area (TPSA) is 26.0 Å². The van der Waals surface area contributed by atoms with E-state index >= 15 is 0 Å². The summed E-state index contributed by atoms with van der Waals surface area (Å²) in [7, 11) is 0. The van der Waals surface area contributed by atoms with Crippen LogP contribution in [-0.4, -0.2) is 0 Å². The molecule has 0 spiro atoms. The second-order valence-electron chi connectivity index (χ2n) is 6.36. The van der Waals surface area contributed by atoms with Gasteiger partial charge in [0.2, 0.25) is 0 Å². The summed E-state index contributed by atoms with van der Waals surface area (Å²) in [5.74, 6) is 0.586. The molecule has 88 valence electrons. The summed E-state index contributed by atoms with van der Waals surface area (Å²) >= 11 is 0. The molecule has 1 saturated carbocycles. The third kappa shape index (κ3) is 1.49. The fraction of sp³-hybridized carbons (Fsp3) is 0.600. The standard InChI is InChI=1S/C15H23N/c1-10-6-8-11(9-7-10)12(16)13-14(2,3)15(13,4)5/h6-9,12-13H,16H2,1-5H3. The van der Waals surface area contributed by atoms with Crippen molar-refractivity contribution >= 4 is 0 Å². The quantitative estimate of drug-likeness (QED) is 0.803. The molecule has 0 bridgehead atoms. The lowest BCUT2D eigenvalue weighted by molar-refractivity contribution is 0.457. The Morgan fingerprint density at radius 3 is 1.81 bits per heavy atom. The van der Waals surface area contributed by atoms with Crippen molar-refractivity contribution in [2.45, 2.75) is 40.7 Å². The van der Waals surface area contributed by atoms with Crippen molar-refractivity contribution < 1.29 is 0 Å². The number of rotatable bonds is 2. The highest BCUT2D eigenvalue weighted by atomic mass is 14.8. The molecule has 0 radical (unpaired) electrons. The van der Waals surface area contributed by atoms with Gasteiger partial charge in [-0.15, -0.1) is 0 Å². The molecule has 1 atom stereocenters. The molecule has 1 aromatic carbocycles. The van der Waals surface area contributed by atoms with E-state index in [1.165, 1.54) is 11.1 Å². The second-order valence-corrected chi connectivity index (χ2v) is 6.36. The monoisotopic (exact) mass is 217 g/mol. The van der Waals surface area contributed by atoms with Crippen molar-refractivity contribution in [3.05, 3.63) is 35.4 Å². The molecule has 1 unspecified atom stereocenters. The van der Waals surface area contributed by atoms with Crippen molar-refractivity contribution in [2.75, 3.05) is 0 Å². The highest BCUT2D eigenvalue weighted by Crippen LogP contribution is 2.71. The van der Waals surface area contributed by atoms with Crippen molar-refractivity contribution in [2.24, 2.45) is 22.5 Å². The number of aryl methyl sites for hydroxylation is 1. The van der Waals surface area contributed by atoms with Crippen LogP contribution in [0.2, 0.25) is 0 Å². The molecule has 1 aromatic rings. The van der Waals surface area contributed by atoms with E-state index < -0.39 is 0 Å². The molecule has 16 heavy (non-hydrogen) atoms. The Bertz CT molecular complexity index is 372. The van der Waals surface area contributed by atoms with Gasteiger partial charge in [0.25, 0.3) is 0 Å². The summed E-state index contributed by atoms with van der Waals surface area (Å²) in [4.78, 5) is 0. The Morgan fingerprint density at radius 2 is 1.44 bits per heavy atom. The first-order chi connectivity index (χ1) is 7.28. The van der Waals surface area contributed by atoms with Gasteiger partial charge in [-0.25, -0.2) is 0 Å². The Balaban J connectivity index is 2.22. The minimum Gasteiger partial charge on any atom is -0.324 e. The van der Waals surface area contributed by atoms with E-state index in [9.17, 15) is 0 Å². The molecule has 0 aromatic heterocycles. The van der Waals surface area contributed by atoms with Gasteiger partial charge in [0.05, 0.1) is 0 Å². The number of nitrogens with two attached hydrogens (primary N) is 1. The summed E-state index contributed by atoms with van der Waals surface area (Å²) in [6.07, 6.45) is 0. The van der Waals surface area contributed by atoms with Gasteiger partial charge in [0.1, 0.15) is 0 Å². The summed E-state index contributed by atoms with van der Waals surface area (Å²) in [6.45, 7) is 11.4. The van der Waals surface area contributed by atoms with Gasteiger partial charge in [0.15, 0.2) is 0 Å². The third-order valence-electron chi connectivity index (χ3n) is 4.95. The van der Waals surface area contributed by atoms with E-state index in [2.05, 4.69) is 58.9 Å². The zero-order valence-electron chi connectivity index (χ0n) is 11.0. The first kappa shape index (κ1) is 11.7. The fourth-order valence-electron chi connectivity index (χ4n) is 3.13. The molecule has 2 rings (SSSR count). The fourth-order valence-corrected chi connectivity index (χ4v) is 3.13. The average Bonchev–Trinajstić information content (AvgIpc) is 2.57. The average molecular weight is 217 g/mol.